The lowest BCUT2D eigenvalue weighted by atomic mass is 10.1. The predicted molar refractivity (Wildman–Crippen MR) is 127 cm³/mol. The molecule has 0 fully saturated rings. The number of carbonyl (C=O) groups excluding carboxylic acids is 1. The van der Waals surface area contributed by atoms with Gasteiger partial charge in [0.2, 0.25) is 10.0 Å². The third-order valence-corrected chi connectivity index (χ3v) is 7.31. The summed E-state index contributed by atoms with van der Waals surface area (Å²) in [6.07, 6.45) is 0.560. The zero-order chi connectivity index (χ0) is 22.0. The maximum atomic E-state index is 13.0. The van der Waals surface area contributed by atoms with Crippen LogP contribution in [0.5, 0.6) is 0 Å². The Hall–Kier alpha value is -2.59. The number of nitrogens with two attached hydrogens (primary N) is 1. The number of para-hydroxylation sites is 1. The van der Waals surface area contributed by atoms with Crippen molar-refractivity contribution in [1.29, 1.82) is 0 Å². The monoisotopic (exact) mass is 515 g/mol. The second kappa shape index (κ2) is 8.88. The first kappa shape index (κ1) is 21.6. The lowest BCUT2D eigenvalue weighted by Gasteiger charge is -2.10. The van der Waals surface area contributed by atoms with Crippen molar-refractivity contribution in [2.24, 2.45) is 5.14 Å². The molecule has 0 saturated carbocycles. The van der Waals surface area contributed by atoms with Crippen LogP contribution in [0.2, 0.25) is 0 Å². The normalized spacial score (nSPS) is 11.5. The number of nitrogens with one attached hydrogen (secondary N) is 1. The van der Waals surface area contributed by atoms with Crippen LogP contribution in [-0.4, -0.2) is 25.9 Å². The Morgan fingerprint density at radius 1 is 1.06 bits per heavy atom. The van der Waals surface area contributed by atoms with Gasteiger partial charge in [0.05, 0.1) is 30.3 Å². The lowest BCUT2D eigenvalue weighted by Crippen LogP contribution is -2.26. The van der Waals surface area contributed by atoms with E-state index in [0.29, 0.717) is 18.5 Å². The number of hydrogen-bond donors (Lipinski definition) is 2. The molecule has 0 spiro atoms. The number of rotatable bonds is 6. The summed E-state index contributed by atoms with van der Waals surface area (Å²) >= 11 is 5.03. The van der Waals surface area contributed by atoms with Gasteiger partial charge in [0.1, 0.15) is 0 Å². The van der Waals surface area contributed by atoms with Crippen LogP contribution in [0.3, 0.4) is 0 Å². The summed E-state index contributed by atoms with van der Waals surface area (Å²) in [5.74, 6) is -0.184. The number of primary sulfonamides is 1. The third-order valence-electron chi connectivity index (χ3n) is 4.74. The maximum absolute atomic E-state index is 13.0. The van der Waals surface area contributed by atoms with Gasteiger partial charge < -0.3 is 5.32 Å². The number of sulfonamides is 1. The van der Waals surface area contributed by atoms with E-state index in [4.69, 9.17) is 10.1 Å². The van der Waals surface area contributed by atoms with E-state index in [-0.39, 0.29) is 10.8 Å². The van der Waals surface area contributed by atoms with Gasteiger partial charge in [0, 0.05) is 11.9 Å². The molecule has 0 aliphatic heterocycles. The Morgan fingerprint density at radius 2 is 1.81 bits per heavy atom. The number of halogens is 1. The average molecular weight is 516 g/mol. The molecular weight excluding hydrogens is 498 g/mol. The molecule has 0 aliphatic rings. The highest BCUT2D eigenvalue weighted by molar-refractivity contribution is 9.11. The second-order valence-corrected chi connectivity index (χ2v) is 10.9. The molecule has 2 aromatic heterocycles. The SMILES string of the molecule is NS(=O)(=O)c1ccc(CCNC(=O)c2cc(-c3ccc(Br)s3)nc3ccccc23)cc1. The molecule has 3 N–H and O–H groups in total. The van der Waals surface area contributed by atoms with Crippen LogP contribution in [0.4, 0.5) is 0 Å². The van der Waals surface area contributed by atoms with E-state index in [1.807, 2.05) is 42.5 Å². The van der Waals surface area contributed by atoms with E-state index >= 15 is 0 Å². The van der Waals surface area contributed by atoms with E-state index in [1.54, 1.807) is 23.5 Å². The molecule has 0 radical (unpaired) electrons. The van der Waals surface area contributed by atoms with Crippen LogP contribution in [0.25, 0.3) is 21.5 Å². The molecule has 0 saturated heterocycles. The molecular formula is C22H18BrN3O3S2. The number of pyridine rings is 1. The number of nitrogens with zero attached hydrogens (tertiary/aromatic N) is 1. The largest absolute Gasteiger partial charge is 0.352 e. The molecule has 1 amide bonds. The number of hydrogen-bond acceptors (Lipinski definition) is 5. The summed E-state index contributed by atoms with van der Waals surface area (Å²) in [6, 6.07) is 19.6. The fourth-order valence-electron chi connectivity index (χ4n) is 3.20. The van der Waals surface area contributed by atoms with Crippen molar-refractivity contribution in [3.8, 4) is 10.6 Å². The van der Waals surface area contributed by atoms with E-state index in [9.17, 15) is 13.2 Å². The minimum atomic E-state index is -3.71. The Morgan fingerprint density at radius 3 is 2.48 bits per heavy atom. The average Bonchev–Trinajstić information content (AvgIpc) is 3.19. The van der Waals surface area contributed by atoms with Gasteiger partial charge in [-0.1, -0.05) is 30.3 Å². The summed E-state index contributed by atoms with van der Waals surface area (Å²) in [5.41, 5.74) is 2.97. The fourth-order valence-corrected chi connectivity index (χ4v) is 5.07. The van der Waals surface area contributed by atoms with Gasteiger partial charge >= 0.3 is 0 Å². The van der Waals surface area contributed by atoms with Crippen molar-refractivity contribution in [3.05, 3.63) is 81.6 Å². The number of fused-ring (bicyclic) bond motifs is 1. The summed E-state index contributed by atoms with van der Waals surface area (Å²) < 4.78 is 23.7. The van der Waals surface area contributed by atoms with Crippen LogP contribution < -0.4 is 10.5 Å². The lowest BCUT2D eigenvalue weighted by molar-refractivity contribution is 0.0955. The minimum absolute atomic E-state index is 0.0660. The van der Waals surface area contributed by atoms with Crippen LogP contribution in [0.1, 0.15) is 15.9 Å². The Bertz CT molecular complexity index is 1370. The number of aromatic nitrogens is 1. The van der Waals surface area contributed by atoms with Gasteiger partial charge in [-0.2, -0.15) is 0 Å². The molecule has 9 heteroatoms. The van der Waals surface area contributed by atoms with Crippen molar-refractivity contribution in [2.75, 3.05) is 6.54 Å². The second-order valence-electron chi connectivity index (χ2n) is 6.87. The zero-order valence-corrected chi connectivity index (χ0v) is 19.4. The highest BCUT2D eigenvalue weighted by atomic mass is 79.9. The van der Waals surface area contributed by atoms with Crippen molar-refractivity contribution in [2.45, 2.75) is 11.3 Å². The van der Waals surface area contributed by atoms with Crippen molar-refractivity contribution in [3.63, 3.8) is 0 Å². The van der Waals surface area contributed by atoms with Crippen LogP contribution in [0, 0.1) is 0 Å². The molecule has 6 nitrogen and oxygen atoms in total. The predicted octanol–water partition coefficient (Wildman–Crippen LogP) is 4.35. The molecule has 0 atom stereocenters. The maximum Gasteiger partial charge on any atom is 0.252 e. The Labute approximate surface area is 192 Å². The smallest absolute Gasteiger partial charge is 0.252 e. The number of amides is 1. The topological polar surface area (TPSA) is 102 Å². The van der Waals surface area contributed by atoms with Gasteiger partial charge in [-0.3, -0.25) is 4.79 Å². The van der Waals surface area contributed by atoms with Crippen LogP contribution in [0.15, 0.2) is 75.4 Å². The highest BCUT2D eigenvalue weighted by Gasteiger charge is 2.15. The van der Waals surface area contributed by atoms with Crippen LogP contribution >= 0.6 is 27.3 Å². The van der Waals surface area contributed by atoms with E-state index in [2.05, 4.69) is 21.2 Å². The van der Waals surface area contributed by atoms with E-state index in [1.165, 1.54) is 12.1 Å². The summed E-state index contributed by atoms with van der Waals surface area (Å²) in [7, 11) is -3.71. The zero-order valence-electron chi connectivity index (χ0n) is 16.2. The van der Waals surface area contributed by atoms with Crippen LogP contribution in [-0.2, 0) is 16.4 Å². The number of carbonyl (C=O) groups is 1. The molecule has 0 unspecified atom stereocenters. The van der Waals surface area contributed by atoms with Gasteiger partial charge in [-0.25, -0.2) is 18.5 Å². The van der Waals surface area contributed by atoms with Crippen molar-refractivity contribution in [1.82, 2.24) is 10.3 Å². The molecule has 4 aromatic rings. The van der Waals surface area contributed by atoms with Gasteiger partial charge in [-0.15, -0.1) is 11.3 Å². The van der Waals surface area contributed by atoms with Gasteiger partial charge in [0.25, 0.3) is 5.91 Å². The van der Waals surface area contributed by atoms with E-state index in [0.717, 1.165) is 30.8 Å². The highest BCUT2D eigenvalue weighted by Crippen LogP contribution is 2.32. The third kappa shape index (κ3) is 5.01. The molecule has 158 valence electrons. The molecule has 31 heavy (non-hydrogen) atoms. The molecule has 0 bridgehead atoms. The number of thiophene rings is 1. The number of benzene rings is 2. The standard InChI is InChI=1S/C22H18BrN3O3S2/c23-21-10-9-20(30-21)19-13-17(16-3-1-2-4-18(16)26-19)22(27)25-12-11-14-5-7-15(8-6-14)31(24,28)29/h1-10,13H,11-12H2,(H,25,27)(H2,24,28,29). The summed E-state index contributed by atoms with van der Waals surface area (Å²) in [4.78, 5) is 18.7. The first-order valence-corrected chi connectivity index (χ1v) is 12.5. The fraction of sp³-hybridized carbons (Fsp3) is 0.0909. The Balaban J connectivity index is 1.53. The van der Waals surface area contributed by atoms with Gasteiger partial charge in [0.15, 0.2) is 0 Å². The molecule has 2 aromatic carbocycles. The Kier molecular flexibility index (Phi) is 6.19. The molecule has 2 heterocycles. The van der Waals surface area contributed by atoms with Crippen molar-refractivity contribution >= 4 is 54.1 Å². The minimum Gasteiger partial charge on any atom is -0.352 e. The molecule has 0 aliphatic carbocycles. The molecule has 4 rings (SSSR count). The summed E-state index contributed by atoms with van der Waals surface area (Å²) in [6.45, 7) is 0.407. The summed E-state index contributed by atoms with van der Waals surface area (Å²) in [5, 5.41) is 8.86. The van der Waals surface area contributed by atoms with E-state index < -0.39 is 10.0 Å². The quantitative estimate of drug-likeness (QED) is 0.398. The van der Waals surface area contributed by atoms with Gasteiger partial charge in [-0.05, 0) is 64.3 Å². The first-order chi connectivity index (χ1) is 14.8. The van der Waals surface area contributed by atoms with Crippen molar-refractivity contribution < 1.29 is 13.2 Å². The first-order valence-electron chi connectivity index (χ1n) is 9.37.